The molecule has 12 heavy (non-hydrogen) atoms. The fraction of sp³-hybridized carbons (Fsp3) is 0.500. The lowest BCUT2D eigenvalue weighted by atomic mass is 10.1. The number of amides is 1. The van der Waals surface area contributed by atoms with Gasteiger partial charge in [-0.25, -0.2) is 0 Å². The van der Waals surface area contributed by atoms with Crippen molar-refractivity contribution in [1.29, 1.82) is 0 Å². The van der Waals surface area contributed by atoms with E-state index in [1.807, 2.05) is 6.07 Å². The molecule has 0 fully saturated rings. The molecule has 0 aromatic carbocycles. The smallest absolute Gasteiger partial charge is 0.262 e. The van der Waals surface area contributed by atoms with E-state index in [1.165, 1.54) is 11.5 Å². The van der Waals surface area contributed by atoms with Crippen LogP contribution < -0.4 is 5.32 Å². The van der Waals surface area contributed by atoms with Gasteiger partial charge in [-0.15, -0.1) is 0 Å². The average molecular weight is 186 g/mol. The molecule has 0 aliphatic rings. The maximum atomic E-state index is 11.1. The van der Waals surface area contributed by atoms with Crippen molar-refractivity contribution < 1.29 is 6.22 Å². The predicted molar refractivity (Wildman–Crippen MR) is 51.7 cm³/mol. The molecule has 3 nitrogen and oxygen atoms in total. The van der Waals surface area contributed by atoms with E-state index in [0.717, 1.165) is 5.69 Å². The molecule has 0 atom stereocenters. The first-order valence-electron chi connectivity index (χ1n) is 3.84. The van der Waals surface area contributed by atoms with Crippen LogP contribution in [0.2, 0.25) is 0 Å². The van der Waals surface area contributed by atoms with Crippen molar-refractivity contribution in [2.75, 3.05) is 7.05 Å². The summed E-state index contributed by atoms with van der Waals surface area (Å²) >= 11 is 1.25. The standard InChI is InChI=1S/C8H12N2OS.H2/c1-5(2)6-4-7(12-10-6)8(11)9-3;/h4-5H,1-3H3,(H,9,11);1H. The Morgan fingerprint density at radius 3 is 2.83 bits per heavy atom. The van der Waals surface area contributed by atoms with Gasteiger partial charge in [-0.2, -0.15) is 4.37 Å². The Morgan fingerprint density at radius 1 is 1.75 bits per heavy atom. The molecule has 1 heterocycles. The summed E-state index contributed by atoms with van der Waals surface area (Å²) in [6.45, 7) is 4.12. The summed E-state index contributed by atoms with van der Waals surface area (Å²) in [5.41, 5.74) is 0.985. The Balaban J connectivity index is 0.00000144. The maximum Gasteiger partial charge on any atom is 0.262 e. The van der Waals surface area contributed by atoms with Gasteiger partial charge in [0.05, 0.1) is 5.69 Å². The van der Waals surface area contributed by atoms with Gasteiger partial charge in [0.15, 0.2) is 0 Å². The highest BCUT2D eigenvalue weighted by Gasteiger charge is 2.10. The summed E-state index contributed by atoms with van der Waals surface area (Å²) in [5, 5.41) is 2.56. The van der Waals surface area contributed by atoms with Crippen LogP contribution in [0.1, 0.15) is 36.6 Å². The number of carbonyl (C=O) groups excluding carboxylic acids is 1. The second-order valence-electron chi connectivity index (χ2n) is 2.85. The molecule has 68 valence electrons. The highest BCUT2D eigenvalue weighted by Crippen LogP contribution is 2.17. The molecule has 0 aliphatic carbocycles. The Morgan fingerprint density at radius 2 is 2.42 bits per heavy atom. The Labute approximate surface area is 77.5 Å². The third-order valence-electron chi connectivity index (χ3n) is 1.57. The van der Waals surface area contributed by atoms with Crippen LogP contribution in [0.4, 0.5) is 0 Å². The molecular weight excluding hydrogens is 172 g/mol. The number of aromatic nitrogens is 1. The third-order valence-corrected chi connectivity index (χ3v) is 2.37. The number of nitrogens with one attached hydrogen (secondary N) is 1. The molecule has 0 spiro atoms. The first-order chi connectivity index (χ1) is 5.65. The van der Waals surface area contributed by atoms with Crippen molar-refractivity contribution in [3.05, 3.63) is 16.6 Å². The van der Waals surface area contributed by atoms with Gasteiger partial charge in [0, 0.05) is 8.47 Å². The van der Waals surface area contributed by atoms with Crippen LogP contribution in [0.5, 0.6) is 0 Å². The van der Waals surface area contributed by atoms with Crippen molar-refractivity contribution in [3.8, 4) is 0 Å². The zero-order valence-electron chi connectivity index (χ0n) is 7.42. The molecule has 1 rings (SSSR count). The summed E-state index contributed by atoms with van der Waals surface area (Å²) in [7, 11) is 1.62. The molecule has 4 heteroatoms. The molecule has 0 saturated carbocycles. The largest absolute Gasteiger partial charge is 0.354 e. The van der Waals surface area contributed by atoms with Crippen molar-refractivity contribution in [1.82, 2.24) is 9.69 Å². The summed E-state index contributed by atoms with van der Waals surface area (Å²) in [5.74, 6) is 0.332. The minimum absolute atomic E-state index is 0. The second-order valence-corrected chi connectivity index (χ2v) is 3.65. The van der Waals surface area contributed by atoms with E-state index in [9.17, 15) is 4.79 Å². The van der Waals surface area contributed by atoms with Crippen molar-refractivity contribution in [2.24, 2.45) is 0 Å². The van der Waals surface area contributed by atoms with E-state index in [1.54, 1.807) is 7.05 Å². The molecule has 1 amide bonds. The quantitative estimate of drug-likeness (QED) is 0.766. The topological polar surface area (TPSA) is 42.0 Å². The summed E-state index contributed by atoms with van der Waals surface area (Å²) < 4.78 is 4.17. The number of nitrogens with zero attached hydrogens (tertiary/aromatic N) is 1. The van der Waals surface area contributed by atoms with Gasteiger partial charge in [-0.1, -0.05) is 13.8 Å². The van der Waals surface area contributed by atoms with E-state index in [-0.39, 0.29) is 7.33 Å². The molecule has 0 saturated heterocycles. The average Bonchev–Trinajstić information content (AvgIpc) is 2.51. The van der Waals surface area contributed by atoms with E-state index in [2.05, 4.69) is 23.5 Å². The van der Waals surface area contributed by atoms with Crippen molar-refractivity contribution in [2.45, 2.75) is 19.8 Å². The number of rotatable bonds is 2. The first kappa shape index (κ1) is 9.19. The Bertz CT molecular complexity index is 285. The lowest BCUT2D eigenvalue weighted by Gasteiger charge is -1.95. The third kappa shape index (κ3) is 1.82. The van der Waals surface area contributed by atoms with Gasteiger partial charge >= 0.3 is 0 Å². The van der Waals surface area contributed by atoms with Crippen LogP contribution in [0.3, 0.4) is 0 Å². The zero-order chi connectivity index (χ0) is 9.14. The SMILES string of the molecule is CNC(=O)c1cc(C(C)C)ns1.[HH]. The monoisotopic (exact) mass is 186 g/mol. The van der Waals surface area contributed by atoms with E-state index >= 15 is 0 Å². The zero-order valence-corrected chi connectivity index (χ0v) is 8.23. The van der Waals surface area contributed by atoms with Crippen LogP contribution in [0.15, 0.2) is 6.07 Å². The molecule has 1 aromatic heterocycles. The fourth-order valence-electron chi connectivity index (χ4n) is 0.791. The highest BCUT2D eigenvalue weighted by atomic mass is 32.1. The molecule has 0 bridgehead atoms. The van der Waals surface area contributed by atoms with Gasteiger partial charge in [0.1, 0.15) is 4.88 Å². The maximum absolute atomic E-state index is 11.1. The van der Waals surface area contributed by atoms with Crippen LogP contribution in [0, 0.1) is 0 Å². The fourth-order valence-corrected chi connectivity index (χ4v) is 1.62. The normalized spacial score (nSPS) is 10.3. The number of hydrogen-bond donors (Lipinski definition) is 1. The lowest BCUT2D eigenvalue weighted by molar-refractivity contribution is 0.0967. The summed E-state index contributed by atoms with van der Waals surface area (Å²) in [4.78, 5) is 11.8. The minimum Gasteiger partial charge on any atom is -0.354 e. The van der Waals surface area contributed by atoms with Gasteiger partial charge < -0.3 is 5.32 Å². The number of carbonyl (C=O) groups is 1. The van der Waals surface area contributed by atoms with Crippen LogP contribution in [-0.2, 0) is 0 Å². The highest BCUT2D eigenvalue weighted by molar-refractivity contribution is 7.08. The second kappa shape index (κ2) is 3.67. The van der Waals surface area contributed by atoms with E-state index in [0.29, 0.717) is 10.8 Å². The molecule has 0 unspecified atom stereocenters. The minimum atomic E-state index is -0.0561. The lowest BCUT2D eigenvalue weighted by Crippen LogP contribution is -2.16. The van der Waals surface area contributed by atoms with Crippen LogP contribution in [-0.4, -0.2) is 17.3 Å². The van der Waals surface area contributed by atoms with E-state index in [4.69, 9.17) is 0 Å². The molecule has 1 aromatic rings. The van der Waals surface area contributed by atoms with Gasteiger partial charge in [0.25, 0.3) is 5.91 Å². The summed E-state index contributed by atoms with van der Waals surface area (Å²) in [6.07, 6.45) is 0. The first-order valence-corrected chi connectivity index (χ1v) is 4.61. The Kier molecular flexibility index (Phi) is 2.81. The van der Waals surface area contributed by atoms with Gasteiger partial charge in [-0.3, -0.25) is 4.79 Å². The van der Waals surface area contributed by atoms with Gasteiger partial charge in [-0.05, 0) is 23.5 Å². The van der Waals surface area contributed by atoms with E-state index < -0.39 is 0 Å². The number of hydrogen-bond acceptors (Lipinski definition) is 3. The predicted octanol–water partition coefficient (Wildman–Crippen LogP) is 1.87. The Hall–Kier alpha value is -0.900. The van der Waals surface area contributed by atoms with Crippen molar-refractivity contribution >= 4 is 17.4 Å². The van der Waals surface area contributed by atoms with Crippen LogP contribution in [0.25, 0.3) is 0 Å². The molecular formula is C8H14N2OS. The van der Waals surface area contributed by atoms with Crippen molar-refractivity contribution in [3.63, 3.8) is 0 Å². The van der Waals surface area contributed by atoms with Crippen LogP contribution >= 0.6 is 11.5 Å². The molecule has 0 radical (unpaired) electrons. The molecule has 1 N–H and O–H groups in total. The summed E-state index contributed by atoms with van der Waals surface area (Å²) in [6, 6.07) is 1.84. The van der Waals surface area contributed by atoms with Gasteiger partial charge in [0.2, 0.25) is 0 Å². The molecule has 0 aliphatic heterocycles.